The maximum atomic E-state index is 13.1. The van der Waals surface area contributed by atoms with Crippen molar-refractivity contribution in [1.82, 2.24) is 19.3 Å². The lowest BCUT2D eigenvalue weighted by atomic mass is 10.2. The fourth-order valence-electron chi connectivity index (χ4n) is 3.34. The molecule has 204 valence electrons. The van der Waals surface area contributed by atoms with Crippen molar-refractivity contribution in [2.75, 3.05) is 7.05 Å². The van der Waals surface area contributed by atoms with E-state index >= 15 is 0 Å². The van der Waals surface area contributed by atoms with E-state index in [-0.39, 0.29) is 11.0 Å². The van der Waals surface area contributed by atoms with Crippen LogP contribution in [0.5, 0.6) is 11.5 Å². The van der Waals surface area contributed by atoms with Gasteiger partial charge in [-0.3, -0.25) is 19.4 Å². The highest BCUT2D eigenvalue weighted by Crippen LogP contribution is 2.27. The predicted molar refractivity (Wildman–Crippen MR) is 128 cm³/mol. The maximum Gasteiger partial charge on any atom is 0.431 e. The molecule has 0 saturated heterocycles. The number of hydrogen-bond acceptors (Lipinski definition) is 7. The zero-order chi connectivity index (χ0) is 28.3. The SMILES string of the molecule is CN(C(CCn1c(=O)cc(C(F)(F)F)[nH]c1=O)C(=O)NO)S(=O)(=O)c1ccc(Oc2ccc(Cl)cc2)cc1. The molecule has 0 radical (unpaired) electrons. The van der Waals surface area contributed by atoms with E-state index < -0.39 is 58.1 Å². The average molecular weight is 577 g/mol. The van der Waals surface area contributed by atoms with Crippen LogP contribution in [0.4, 0.5) is 13.2 Å². The highest BCUT2D eigenvalue weighted by Gasteiger charge is 2.35. The van der Waals surface area contributed by atoms with E-state index in [1.807, 2.05) is 0 Å². The smallest absolute Gasteiger partial charge is 0.431 e. The number of carbonyl (C=O) groups is 1. The van der Waals surface area contributed by atoms with E-state index in [2.05, 4.69) is 0 Å². The molecule has 1 unspecified atom stereocenters. The molecule has 0 spiro atoms. The van der Waals surface area contributed by atoms with Gasteiger partial charge in [0.1, 0.15) is 23.2 Å². The summed E-state index contributed by atoms with van der Waals surface area (Å²) >= 11 is 5.82. The van der Waals surface area contributed by atoms with Gasteiger partial charge < -0.3 is 9.72 Å². The molecule has 0 aliphatic heterocycles. The predicted octanol–water partition coefficient (Wildman–Crippen LogP) is 2.59. The summed E-state index contributed by atoms with van der Waals surface area (Å²) in [6, 6.07) is 10.0. The van der Waals surface area contributed by atoms with Crippen LogP contribution >= 0.6 is 11.6 Å². The maximum absolute atomic E-state index is 13.1. The number of halogens is 4. The molecule has 1 atom stereocenters. The van der Waals surface area contributed by atoms with Crippen LogP contribution in [0.1, 0.15) is 12.1 Å². The minimum Gasteiger partial charge on any atom is -0.457 e. The van der Waals surface area contributed by atoms with Crippen molar-refractivity contribution in [2.45, 2.75) is 30.1 Å². The Labute approximate surface area is 218 Å². The first-order valence-corrected chi connectivity index (χ1v) is 12.4. The van der Waals surface area contributed by atoms with Crippen LogP contribution in [0.25, 0.3) is 0 Å². The Morgan fingerprint density at radius 3 is 2.18 bits per heavy atom. The fourth-order valence-corrected chi connectivity index (χ4v) is 4.82. The van der Waals surface area contributed by atoms with E-state index in [0.29, 0.717) is 25.4 Å². The number of aromatic amines is 1. The highest BCUT2D eigenvalue weighted by molar-refractivity contribution is 7.89. The topological polar surface area (TPSA) is 151 Å². The number of nitrogens with one attached hydrogen (secondary N) is 2. The minimum atomic E-state index is -4.97. The summed E-state index contributed by atoms with van der Waals surface area (Å²) < 4.78 is 71.3. The van der Waals surface area contributed by atoms with Gasteiger partial charge in [-0.15, -0.1) is 0 Å². The number of aromatic nitrogens is 2. The lowest BCUT2D eigenvalue weighted by Crippen LogP contribution is -2.48. The molecule has 3 rings (SSSR count). The van der Waals surface area contributed by atoms with Crippen LogP contribution in [-0.4, -0.2) is 46.5 Å². The van der Waals surface area contributed by atoms with Gasteiger partial charge in [0.15, 0.2) is 0 Å². The second kappa shape index (κ2) is 11.4. The average Bonchev–Trinajstić information content (AvgIpc) is 2.86. The Morgan fingerprint density at radius 1 is 1.13 bits per heavy atom. The summed E-state index contributed by atoms with van der Waals surface area (Å²) in [6.07, 6.45) is -5.52. The van der Waals surface area contributed by atoms with Crippen molar-refractivity contribution >= 4 is 27.5 Å². The molecular formula is C22H20ClF3N4O7S. The van der Waals surface area contributed by atoms with Gasteiger partial charge in [0, 0.05) is 24.7 Å². The number of sulfonamides is 1. The van der Waals surface area contributed by atoms with Gasteiger partial charge in [-0.2, -0.15) is 17.5 Å². The van der Waals surface area contributed by atoms with Gasteiger partial charge in [0.25, 0.3) is 11.5 Å². The molecule has 11 nitrogen and oxygen atoms in total. The first-order valence-electron chi connectivity index (χ1n) is 10.6. The number of alkyl halides is 3. The molecule has 3 N–H and O–H groups in total. The van der Waals surface area contributed by atoms with Crippen molar-refractivity contribution in [1.29, 1.82) is 0 Å². The number of H-pyrrole nitrogens is 1. The third-order valence-electron chi connectivity index (χ3n) is 5.35. The molecule has 1 heterocycles. The van der Waals surface area contributed by atoms with Crippen LogP contribution in [0, 0.1) is 0 Å². The molecule has 1 amide bonds. The summed E-state index contributed by atoms with van der Waals surface area (Å²) in [6.45, 7) is -0.641. The summed E-state index contributed by atoms with van der Waals surface area (Å²) in [7, 11) is -3.35. The zero-order valence-electron chi connectivity index (χ0n) is 19.4. The summed E-state index contributed by atoms with van der Waals surface area (Å²) in [5.41, 5.74) is -2.97. The molecular weight excluding hydrogens is 557 g/mol. The molecule has 0 fully saturated rings. The molecule has 0 aliphatic rings. The van der Waals surface area contributed by atoms with Crippen molar-refractivity contribution in [3.8, 4) is 11.5 Å². The van der Waals surface area contributed by atoms with Crippen LogP contribution in [0.15, 0.2) is 69.1 Å². The number of hydroxylamine groups is 1. The highest BCUT2D eigenvalue weighted by atomic mass is 35.5. The van der Waals surface area contributed by atoms with E-state index in [0.717, 1.165) is 7.05 Å². The minimum absolute atomic E-state index is 0.163. The second-order valence-corrected chi connectivity index (χ2v) is 10.2. The van der Waals surface area contributed by atoms with Crippen LogP contribution in [-0.2, 0) is 27.5 Å². The first kappa shape index (κ1) is 28.9. The lowest BCUT2D eigenvalue weighted by molar-refractivity contribution is -0.141. The molecule has 0 aliphatic carbocycles. The number of rotatable bonds is 9. The zero-order valence-corrected chi connectivity index (χ0v) is 21.0. The number of hydrogen-bond donors (Lipinski definition) is 3. The number of amides is 1. The molecule has 3 aromatic rings. The molecule has 2 aromatic carbocycles. The number of benzene rings is 2. The lowest BCUT2D eigenvalue weighted by Gasteiger charge is -2.26. The van der Waals surface area contributed by atoms with Crippen LogP contribution < -0.4 is 21.5 Å². The van der Waals surface area contributed by atoms with E-state index in [4.69, 9.17) is 21.5 Å². The number of nitrogens with zero attached hydrogens (tertiary/aromatic N) is 2. The van der Waals surface area contributed by atoms with Crippen molar-refractivity contribution < 1.29 is 36.3 Å². The normalized spacial score (nSPS) is 12.8. The summed E-state index contributed by atoms with van der Waals surface area (Å²) in [4.78, 5) is 37.6. The first-order chi connectivity index (χ1) is 17.7. The van der Waals surface area contributed by atoms with E-state index in [1.54, 1.807) is 24.3 Å². The third-order valence-corrected chi connectivity index (χ3v) is 7.49. The summed E-state index contributed by atoms with van der Waals surface area (Å²) in [5.74, 6) is -0.468. The van der Waals surface area contributed by atoms with Crippen molar-refractivity contribution in [2.24, 2.45) is 0 Å². The van der Waals surface area contributed by atoms with Gasteiger partial charge in [0.2, 0.25) is 10.0 Å². The Hall–Kier alpha value is -3.66. The fraction of sp³-hybridized carbons (Fsp3) is 0.227. The monoisotopic (exact) mass is 576 g/mol. The van der Waals surface area contributed by atoms with E-state index in [9.17, 15) is 36.0 Å². The largest absolute Gasteiger partial charge is 0.457 e. The molecule has 0 saturated carbocycles. The standard InChI is InChI=1S/C22H20ClF3N4O7S/c1-29(38(35,36)16-8-6-15(7-9-16)37-14-4-2-13(23)3-5-14)17(20(32)28-34)10-11-30-19(31)12-18(22(24,25)26)27-21(30)33/h2-9,12,17,34H,10-11H2,1H3,(H,27,33)(H,28,32). The van der Waals surface area contributed by atoms with E-state index in [1.165, 1.54) is 34.7 Å². The Bertz CT molecular complexity index is 1490. The van der Waals surface area contributed by atoms with Crippen LogP contribution in [0.3, 0.4) is 0 Å². The number of likely N-dealkylation sites (N-methyl/N-ethyl adjacent to an activating group) is 1. The summed E-state index contributed by atoms with van der Waals surface area (Å²) in [5, 5.41) is 9.61. The van der Waals surface area contributed by atoms with Crippen molar-refractivity contribution in [3.05, 3.63) is 86.2 Å². The molecule has 38 heavy (non-hydrogen) atoms. The second-order valence-electron chi connectivity index (χ2n) is 7.80. The molecule has 1 aromatic heterocycles. The van der Waals surface area contributed by atoms with Gasteiger partial charge in [-0.25, -0.2) is 18.7 Å². The van der Waals surface area contributed by atoms with Crippen molar-refractivity contribution in [3.63, 3.8) is 0 Å². The Kier molecular flexibility index (Phi) is 8.66. The molecule has 16 heteroatoms. The number of carbonyl (C=O) groups excluding carboxylic acids is 1. The Morgan fingerprint density at radius 2 is 1.68 bits per heavy atom. The molecule has 0 bridgehead atoms. The Balaban J connectivity index is 1.81. The van der Waals surface area contributed by atoms with Crippen LogP contribution in [0.2, 0.25) is 5.02 Å². The van der Waals surface area contributed by atoms with Gasteiger partial charge >= 0.3 is 11.9 Å². The van der Waals surface area contributed by atoms with Gasteiger partial charge in [-0.05, 0) is 55.0 Å². The third kappa shape index (κ3) is 6.61. The van der Waals surface area contributed by atoms with Gasteiger partial charge in [0.05, 0.1) is 4.90 Å². The number of ether oxygens (including phenoxy) is 1. The van der Waals surface area contributed by atoms with Gasteiger partial charge in [-0.1, -0.05) is 11.6 Å². The quantitative estimate of drug-likeness (QED) is 0.262.